The van der Waals surface area contributed by atoms with Crippen molar-refractivity contribution in [3.63, 3.8) is 0 Å². The van der Waals surface area contributed by atoms with Crippen molar-refractivity contribution in [2.45, 2.75) is 11.3 Å². The van der Waals surface area contributed by atoms with E-state index >= 15 is 0 Å². The monoisotopic (exact) mass is 258 g/mol. The number of sulfonamides is 1. The quantitative estimate of drug-likeness (QED) is 0.775. The number of aromatic nitrogens is 1. The summed E-state index contributed by atoms with van der Waals surface area (Å²) in [5, 5.41) is 13.0. The average molecular weight is 259 g/mol. The van der Waals surface area contributed by atoms with Crippen LogP contribution in [0, 0.1) is 0 Å². The van der Waals surface area contributed by atoms with Gasteiger partial charge in [-0.15, -0.1) is 0 Å². The second-order valence-electron chi connectivity index (χ2n) is 2.52. The van der Waals surface area contributed by atoms with Crippen LogP contribution in [0.25, 0.3) is 0 Å². The van der Waals surface area contributed by atoms with Crippen LogP contribution in [-0.2, 0) is 10.0 Å². The molecule has 84 valence electrons. The number of pyridine rings is 1. The third kappa shape index (κ3) is 2.33. The smallest absolute Gasteiger partial charge is 0.268 e. The number of aromatic hydroxyl groups is 1. The van der Waals surface area contributed by atoms with Crippen LogP contribution in [0.1, 0.15) is 12.0 Å². The van der Waals surface area contributed by atoms with Gasteiger partial charge in [-0.3, -0.25) is 0 Å². The number of hydrogen-bond donors (Lipinski definition) is 2. The van der Waals surface area contributed by atoms with Gasteiger partial charge in [0.1, 0.15) is 10.0 Å². The van der Waals surface area contributed by atoms with Gasteiger partial charge in [0.25, 0.3) is 6.43 Å². The summed E-state index contributed by atoms with van der Waals surface area (Å²) < 4.78 is 46.7. The Kier molecular flexibility index (Phi) is 3.12. The molecular formula is C6H5ClF2N2O3S. The van der Waals surface area contributed by atoms with Crippen molar-refractivity contribution >= 4 is 21.6 Å². The molecule has 15 heavy (non-hydrogen) atoms. The van der Waals surface area contributed by atoms with E-state index < -0.39 is 37.8 Å². The topological polar surface area (TPSA) is 93.3 Å². The van der Waals surface area contributed by atoms with Crippen molar-refractivity contribution in [2.24, 2.45) is 5.14 Å². The Morgan fingerprint density at radius 3 is 2.40 bits per heavy atom. The Bertz CT molecular complexity index is 491. The van der Waals surface area contributed by atoms with Gasteiger partial charge in [-0.2, -0.15) is 0 Å². The fourth-order valence-corrected chi connectivity index (χ4v) is 2.08. The molecule has 1 aromatic rings. The van der Waals surface area contributed by atoms with E-state index in [-0.39, 0.29) is 0 Å². The summed E-state index contributed by atoms with van der Waals surface area (Å²) in [6.45, 7) is 0. The Morgan fingerprint density at radius 1 is 1.53 bits per heavy atom. The fourth-order valence-electron chi connectivity index (χ4n) is 0.966. The molecular weight excluding hydrogens is 254 g/mol. The van der Waals surface area contributed by atoms with E-state index in [1.807, 2.05) is 0 Å². The van der Waals surface area contributed by atoms with Gasteiger partial charge in [0.15, 0.2) is 5.75 Å². The number of hydrogen-bond acceptors (Lipinski definition) is 4. The molecule has 0 fully saturated rings. The third-order valence-corrected chi connectivity index (χ3v) is 2.80. The van der Waals surface area contributed by atoms with Gasteiger partial charge in [0.2, 0.25) is 10.0 Å². The van der Waals surface area contributed by atoms with E-state index in [1.54, 1.807) is 0 Å². The Labute approximate surface area is 88.5 Å². The molecule has 0 aliphatic rings. The summed E-state index contributed by atoms with van der Waals surface area (Å²) in [5.41, 5.74) is -1.10. The van der Waals surface area contributed by atoms with Gasteiger partial charge >= 0.3 is 0 Å². The molecule has 1 aromatic heterocycles. The number of nitrogens with two attached hydrogens (primary N) is 1. The molecule has 0 aromatic carbocycles. The lowest BCUT2D eigenvalue weighted by Crippen LogP contribution is -2.15. The maximum Gasteiger partial charge on any atom is 0.268 e. The second-order valence-corrected chi connectivity index (χ2v) is 4.38. The lowest BCUT2D eigenvalue weighted by Gasteiger charge is -2.09. The number of rotatable bonds is 2. The van der Waals surface area contributed by atoms with Gasteiger partial charge in [0, 0.05) is 0 Å². The SMILES string of the molecule is NS(=O)(=O)c1c(O)cnc(Cl)c1C(F)F. The van der Waals surface area contributed by atoms with Gasteiger partial charge in [-0.1, -0.05) is 11.6 Å². The highest BCUT2D eigenvalue weighted by atomic mass is 35.5. The minimum absolute atomic E-state index is 0.633. The van der Waals surface area contributed by atoms with Crippen LogP contribution in [0.5, 0.6) is 5.75 Å². The molecule has 0 unspecified atom stereocenters. The Morgan fingerprint density at radius 2 is 2.07 bits per heavy atom. The lowest BCUT2D eigenvalue weighted by molar-refractivity contribution is 0.146. The van der Waals surface area contributed by atoms with Gasteiger partial charge < -0.3 is 5.11 Å². The number of primary sulfonamides is 1. The van der Waals surface area contributed by atoms with Crippen molar-refractivity contribution in [3.8, 4) is 5.75 Å². The molecule has 3 N–H and O–H groups in total. The van der Waals surface area contributed by atoms with Crippen LogP contribution >= 0.6 is 11.6 Å². The molecule has 0 atom stereocenters. The van der Waals surface area contributed by atoms with Crippen LogP contribution in [0.2, 0.25) is 5.15 Å². The largest absolute Gasteiger partial charge is 0.505 e. The zero-order valence-electron chi connectivity index (χ0n) is 6.99. The maximum atomic E-state index is 12.4. The van der Waals surface area contributed by atoms with Crippen molar-refractivity contribution in [3.05, 3.63) is 16.9 Å². The zero-order valence-corrected chi connectivity index (χ0v) is 8.56. The number of halogens is 3. The molecule has 9 heteroatoms. The van der Waals surface area contributed by atoms with E-state index in [0.717, 1.165) is 0 Å². The van der Waals surface area contributed by atoms with Gasteiger partial charge in [-0.05, 0) is 0 Å². The average Bonchev–Trinajstić information content (AvgIpc) is 2.05. The van der Waals surface area contributed by atoms with E-state index in [1.165, 1.54) is 0 Å². The molecule has 0 spiro atoms. The third-order valence-electron chi connectivity index (χ3n) is 1.50. The minimum atomic E-state index is -4.49. The van der Waals surface area contributed by atoms with Crippen molar-refractivity contribution in [1.29, 1.82) is 0 Å². The molecule has 0 aliphatic carbocycles. The van der Waals surface area contributed by atoms with Gasteiger partial charge in [0.05, 0.1) is 11.8 Å². The van der Waals surface area contributed by atoms with Crippen molar-refractivity contribution < 1.29 is 22.3 Å². The summed E-state index contributed by atoms with van der Waals surface area (Å²) in [7, 11) is -4.49. The predicted molar refractivity (Wildman–Crippen MR) is 47.2 cm³/mol. The van der Waals surface area contributed by atoms with Crippen LogP contribution in [0.4, 0.5) is 8.78 Å². The number of nitrogens with zero attached hydrogens (tertiary/aromatic N) is 1. The Hall–Kier alpha value is -0.990. The Balaban J connectivity index is 3.68. The van der Waals surface area contributed by atoms with E-state index in [4.69, 9.17) is 16.7 Å². The molecule has 1 heterocycles. The highest BCUT2D eigenvalue weighted by Crippen LogP contribution is 2.35. The van der Waals surface area contributed by atoms with Crippen LogP contribution < -0.4 is 5.14 Å². The summed E-state index contributed by atoms with van der Waals surface area (Å²) in [6, 6.07) is 0. The molecule has 0 radical (unpaired) electrons. The van der Waals surface area contributed by atoms with E-state index in [2.05, 4.69) is 10.1 Å². The highest BCUT2D eigenvalue weighted by Gasteiger charge is 2.28. The first kappa shape index (κ1) is 12.1. The number of alkyl halides is 2. The molecule has 0 bridgehead atoms. The summed E-state index contributed by atoms with van der Waals surface area (Å²) >= 11 is 5.28. The molecule has 5 nitrogen and oxygen atoms in total. The summed E-state index contributed by atoms with van der Waals surface area (Å²) in [6.07, 6.45) is -2.57. The summed E-state index contributed by atoms with van der Waals surface area (Å²) in [4.78, 5) is 2.09. The molecule has 0 saturated heterocycles. The van der Waals surface area contributed by atoms with Crippen molar-refractivity contribution in [2.75, 3.05) is 0 Å². The second kappa shape index (κ2) is 3.87. The van der Waals surface area contributed by atoms with Gasteiger partial charge in [-0.25, -0.2) is 27.3 Å². The molecule has 1 rings (SSSR count). The normalized spacial score (nSPS) is 12.1. The standard InChI is InChI=1S/C6H5ClF2N2O3S/c7-5-3(6(8)9)4(15(10,13)14)2(12)1-11-5/h1,6,12H,(H2,10,13,14). The first-order valence-corrected chi connectivity index (χ1v) is 5.36. The first-order chi connectivity index (χ1) is 6.75. The summed E-state index contributed by atoms with van der Waals surface area (Å²) in [5.74, 6) is -0.961. The molecule has 0 amide bonds. The maximum absolute atomic E-state index is 12.4. The van der Waals surface area contributed by atoms with Crippen molar-refractivity contribution in [1.82, 2.24) is 4.98 Å². The van der Waals surface area contributed by atoms with E-state index in [0.29, 0.717) is 6.20 Å². The first-order valence-electron chi connectivity index (χ1n) is 3.43. The zero-order chi connectivity index (χ0) is 11.8. The molecule has 0 saturated carbocycles. The highest BCUT2D eigenvalue weighted by molar-refractivity contribution is 7.89. The van der Waals surface area contributed by atoms with Crippen LogP contribution in [0.3, 0.4) is 0 Å². The fraction of sp³-hybridized carbons (Fsp3) is 0.167. The molecule has 0 aliphatic heterocycles. The van der Waals surface area contributed by atoms with Crippen LogP contribution in [-0.4, -0.2) is 18.5 Å². The van der Waals surface area contributed by atoms with E-state index in [9.17, 15) is 17.2 Å². The van der Waals surface area contributed by atoms with Crippen LogP contribution in [0.15, 0.2) is 11.1 Å². The predicted octanol–water partition coefficient (Wildman–Crippen LogP) is 1.03. The minimum Gasteiger partial charge on any atom is -0.505 e. The lowest BCUT2D eigenvalue weighted by atomic mass is 10.3.